The molecule has 0 spiro atoms. The first-order valence-electron chi connectivity index (χ1n) is 7.62. The van der Waals surface area contributed by atoms with Crippen molar-refractivity contribution in [1.82, 2.24) is 5.43 Å². The van der Waals surface area contributed by atoms with Gasteiger partial charge in [0.1, 0.15) is 5.75 Å². The number of amides is 1. The Morgan fingerprint density at radius 1 is 1.26 bits per heavy atom. The molecule has 0 saturated carbocycles. The average molecular weight is 330 g/mol. The summed E-state index contributed by atoms with van der Waals surface area (Å²) in [5, 5.41) is 18.2. The summed E-state index contributed by atoms with van der Waals surface area (Å²) in [4.78, 5) is 12.4. The van der Waals surface area contributed by atoms with Crippen LogP contribution in [0.3, 0.4) is 0 Å². The Morgan fingerprint density at radius 3 is 2.57 bits per heavy atom. The minimum atomic E-state index is -0.404. The zero-order valence-corrected chi connectivity index (χ0v) is 14.6. The number of phenols is 1. The zero-order valence-electron chi connectivity index (χ0n) is 13.8. The van der Waals surface area contributed by atoms with Crippen molar-refractivity contribution in [3.05, 3.63) is 51.2 Å². The van der Waals surface area contributed by atoms with Gasteiger partial charge in [-0.3, -0.25) is 4.79 Å². The van der Waals surface area contributed by atoms with Gasteiger partial charge in [0, 0.05) is 5.56 Å². The van der Waals surface area contributed by atoms with E-state index in [0.717, 1.165) is 16.7 Å². The molecule has 1 aromatic heterocycles. The van der Waals surface area contributed by atoms with E-state index in [1.165, 1.54) is 0 Å². The van der Waals surface area contributed by atoms with Crippen molar-refractivity contribution < 1.29 is 9.90 Å². The largest absolute Gasteiger partial charge is 0.507 e. The molecule has 23 heavy (non-hydrogen) atoms. The molecule has 1 amide bonds. The highest BCUT2D eigenvalue weighted by Crippen LogP contribution is 2.33. The Hall–Kier alpha value is -2.14. The third-order valence-electron chi connectivity index (χ3n) is 3.62. The van der Waals surface area contributed by atoms with Crippen molar-refractivity contribution in [3.8, 4) is 5.75 Å². The Bertz CT molecular complexity index is 704. The topological polar surface area (TPSA) is 61.7 Å². The molecule has 0 aliphatic carbocycles. The van der Waals surface area contributed by atoms with Crippen LogP contribution in [0.5, 0.6) is 5.75 Å². The molecule has 0 radical (unpaired) electrons. The molecule has 5 heteroatoms. The number of rotatable bonds is 5. The number of carbonyl (C=O) groups is 1. The maximum atomic E-state index is 12.4. The summed E-state index contributed by atoms with van der Waals surface area (Å²) >= 11 is 1.56. The predicted octanol–water partition coefficient (Wildman–Crippen LogP) is 4.46. The Kier molecular flexibility index (Phi) is 5.55. The van der Waals surface area contributed by atoms with Crippen LogP contribution >= 0.6 is 11.3 Å². The number of carbonyl (C=O) groups excluding carboxylic acids is 1. The van der Waals surface area contributed by atoms with Gasteiger partial charge in [0.05, 0.1) is 11.8 Å². The highest BCUT2D eigenvalue weighted by Gasteiger charge is 2.18. The molecule has 4 nitrogen and oxygen atoms in total. The third-order valence-corrected chi connectivity index (χ3v) is 4.32. The number of hydrazone groups is 1. The van der Waals surface area contributed by atoms with Gasteiger partial charge in [0.25, 0.3) is 5.91 Å². The highest BCUT2D eigenvalue weighted by atomic mass is 32.1. The number of phenolic OH excluding ortho intramolecular Hbond substituents is 1. The molecule has 1 heterocycles. The monoisotopic (exact) mass is 330 g/mol. The summed E-state index contributed by atoms with van der Waals surface area (Å²) in [7, 11) is 0. The van der Waals surface area contributed by atoms with Crippen LogP contribution in [-0.4, -0.2) is 17.2 Å². The van der Waals surface area contributed by atoms with Crippen LogP contribution in [0.1, 0.15) is 66.6 Å². The first-order valence-corrected chi connectivity index (χ1v) is 8.56. The van der Waals surface area contributed by atoms with Crippen LogP contribution in [0, 0.1) is 0 Å². The lowest BCUT2D eigenvalue weighted by Gasteiger charge is -2.16. The molecule has 2 rings (SSSR count). The maximum Gasteiger partial charge on any atom is 0.275 e. The van der Waals surface area contributed by atoms with Crippen LogP contribution in [0.4, 0.5) is 0 Å². The number of hydrogen-bond donors (Lipinski definition) is 2. The van der Waals surface area contributed by atoms with E-state index in [0.29, 0.717) is 0 Å². The molecule has 0 fully saturated rings. The van der Waals surface area contributed by atoms with Crippen LogP contribution in [-0.2, 0) is 0 Å². The van der Waals surface area contributed by atoms with E-state index in [2.05, 4.69) is 24.4 Å². The molecule has 0 bridgehead atoms. The van der Waals surface area contributed by atoms with Crippen molar-refractivity contribution in [2.75, 3.05) is 0 Å². The van der Waals surface area contributed by atoms with Gasteiger partial charge in [-0.25, -0.2) is 5.43 Å². The molecule has 0 unspecified atom stereocenters. The highest BCUT2D eigenvalue weighted by molar-refractivity contribution is 7.08. The molecule has 2 aromatic rings. The molecular formula is C18H22N2O2S. The number of nitrogens with one attached hydrogen (secondary N) is 1. The van der Waals surface area contributed by atoms with Gasteiger partial charge in [-0.2, -0.15) is 16.4 Å². The molecule has 0 saturated heterocycles. The van der Waals surface area contributed by atoms with Gasteiger partial charge >= 0.3 is 0 Å². The first kappa shape index (κ1) is 17.2. The minimum Gasteiger partial charge on any atom is -0.507 e. The van der Waals surface area contributed by atoms with Gasteiger partial charge in [-0.1, -0.05) is 33.8 Å². The lowest BCUT2D eigenvalue weighted by molar-refractivity contribution is 0.0952. The number of aromatic hydroxyl groups is 1. The normalized spacial score (nSPS) is 11.6. The fraction of sp³-hybridized carbons (Fsp3) is 0.333. The lowest BCUT2D eigenvalue weighted by Crippen LogP contribution is -2.18. The van der Waals surface area contributed by atoms with Crippen LogP contribution < -0.4 is 5.43 Å². The van der Waals surface area contributed by atoms with E-state index in [1.54, 1.807) is 23.6 Å². The summed E-state index contributed by atoms with van der Waals surface area (Å²) in [6.07, 6.45) is 1.58. The number of hydrogen-bond acceptors (Lipinski definition) is 4. The van der Waals surface area contributed by atoms with Crippen LogP contribution in [0.25, 0.3) is 0 Å². The second-order valence-corrected chi connectivity index (χ2v) is 6.85. The summed E-state index contributed by atoms with van der Waals surface area (Å²) in [6, 6.07) is 5.62. The van der Waals surface area contributed by atoms with Gasteiger partial charge < -0.3 is 5.11 Å². The smallest absolute Gasteiger partial charge is 0.275 e. The van der Waals surface area contributed by atoms with Crippen LogP contribution in [0.15, 0.2) is 34.1 Å². The molecule has 2 N–H and O–H groups in total. The van der Waals surface area contributed by atoms with Crippen molar-refractivity contribution in [2.24, 2.45) is 5.10 Å². The first-order chi connectivity index (χ1) is 10.9. The van der Waals surface area contributed by atoms with E-state index in [4.69, 9.17) is 0 Å². The van der Waals surface area contributed by atoms with Crippen molar-refractivity contribution >= 4 is 23.5 Å². The summed E-state index contributed by atoms with van der Waals surface area (Å²) in [6.45, 7) is 8.12. The lowest BCUT2D eigenvalue weighted by atomic mass is 9.92. The predicted molar refractivity (Wildman–Crippen MR) is 95.7 cm³/mol. The van der Waals surface area contributed by atoms with Crippen molar-refractivity contribution in [2.45, 2.75) is 39.5 Å². The van der Waals surface area contributed by atoms with E-state index in [9.17, 15) is 9.90 Å². The second kappa shape index (κ2) is 7.42. The Morgan fingerprint density at radius 2 is 2.00 bits per heavy atom. The minimum absolute atomic E-state index is 0.0348. The molecule has 0 aliphatic heterocycles. The summed E-state index contributed by atoms with van der Waals surface area (Å²) in [5.74, 6) is 0.0366. The fourth-order valence-corrected chi connectivity index (χ4v) is 2.81. The molecule has 122 valence electrons. The van der Waals surface area contributed by atoms with Crippen molar-refractivity contribution in [3.63, 3.8) is 0 Å². The van der Waals surface area contributed by atoms with E-state index in [-0.39, 0.29) is 23.1 Å². The van der Waals surface area contributed by atoms with Gasteiger partial charge in [-0.05, 0) is 45.9 Å². The number of nitrogens with zero attached hydrogens (tertiary/aromatic N) is 1. The van der Waals surface area contributed by atoms with E-state index >= 15 is 0 Å². The van der Waals surface area contributed by atoms with Crippen LogP contribution in [0.2, 0.25) is 0 Å². The second-order valence-electron chi connectivity index (χ2n) is 6.07. The van der Waals surface area contributed by atoms with Gasteiger partial charge in [-0.15, -0.1) is 0 Å². The number of benzene rings is 1. The summed E-state index contributed by atoms with van der Waals surface area (Å²) < 4.78 is 0. The SMILES string of the molecule is CC(C)c1cc(C(=O)N/N=C/c2ccsc2)c(O)c(C(C)C)c1. The third kappa shape index (κ3) is 4.20. The standard InChI is InChI=1S/C18H22N2O2S/c1-11(2)14-7-15(12(3)4)17(21)16(8-14)18(22)20-19-9-13-5-6-23-10-13/h5-12,21H,1-4H3,(H,20,22)/b19-9+. The zero-order chi connectivity index (χ0) is 17.0. The van der Waals surface area contributed by atoms with Gasteiger partial charge in [0.2, 0.25) is 0 Å². The average Bonchev–Trinajstić information content (AvgIpc) is 3.00. The Labute approximate surface area is 140 Å². The molecule has 1 aromatic carbocycles. The van der Waals surface area contributed by atoms with Gasteiger partial charge in [0.15, 0.2) is 0 Å². The number of thiophene rings is 1. The van der Waals surface area contributed by atoms with Crippen molar-refractivity contribution in [1.29, 1.82) is 0 Å². The maximum absolute atomic E-state index is 12.4. The molecule has 0 aliphatic rings. The Balaban J connectivity index is 2.28. The van der Waals surface area contributed by atoms with E-state index < -0.39 is 5.91 Å². The molecule has 0 atom stereocenters. The summed E-state index contributed by atoms with van der Waals surface area (Å²) in [5.41, 5.74) is 5.49. The molecular weight excluding hydrogens is 308 g/mol. The van der Waals surface area contributed by atoms with E-state index in [1.807, 2.05) is 36.7 Å². The quantitative estimate of drug-likeness (QED) is 0.628. The fourth-order valence-electron chi connectivity index (χ4n) is 2.20.